The fraction of sp³-hybridized carbons (Fsp3) is 0.750. The second kappa shape index (κ2) is 12.2. The molecule has 1 heterocycles. The Hall–Kier alpha value is -2.42. The molecule has 3 atom stereocenters. The van der Waals surface area contributed by atoms with Crippen LogP contribution in [0.25, 0.3) is 0 Å². The van der Waals surface area contributed by atoms with Crippen LogP contribution >= 0.6 is 0 Å². The molecule has 0 radical (unpaired) electrons. The zero-order valence-corrected chi connectivity index (χ0v) is 20.0. The van der Waals surface area contributed by atoms with Gasteiger partial charge in [0.1, 0.15) is 11.9 Å². The number of nitrogens with one attached hydrogen (secondary N) is 2. The van der Waals surface area contributed by atoms with Crippen LogP contribution in [-0.4, -0.2) is 47.8 Å². The van der Waals surface area contributed by atoms with E-state index < -0.39 is 4.92 Å². The van der Waals surface area contributed by atoms with Crippen molar-refractivity contribution in [3.8, 4) is 0 Å². The molecule has 1 aromatic rings. The van der Waals surface area contributed by atoms with Gasteiger partial charge in [0.25, 0.3) is 6.47 Å². The van der Waals surface area contributed by atoms with Crippen molar-refractivity contribution < 1.29 is 19.2 Å². The van der Waals surface area contributed by atoms with Crippen LogP contribution in [0.2, 0.25) is 0 Å². The van der Waals surface area contributed by atoms with Crippen molar-refractivity contribution in [2.45, 2.75) is 84.0 Å². The van der Waals surface area contributed by atoms with Crippen LogP contribution in [0.1, 0.15) is 65.7 Å². The summed E-state index contributed by atoms with van der Waals surface area (Å²) in [4.78, 5) is 26.1. The Morgan fingerprint density at radius 2 is 1.97 bits per heavy atom. The molecule has 2 saturated carbocycles. The number of hydrogen-bond donors (Lipinski definition) is 2. The van der Waals surface area contributed by atoms with E-state index in [2.05, 4.69) is 36.4 Å². The maximum atomic E-state index is 11.5. The Morgan fingerprint density at radius 3 is 2.64 bits per heavy atom. The highest BCUT2D eigenvalue weighted by atomic mass is 16.6. The Morgan fingerprint density at radius 1 is 1.21 bits per heavy atom. The lowest BCUT2D eigenvalue weighted by molar-refractivity contribution is -0.384. The van der Waals surface area contributed by atoms with Gasteiger partial charge in [-0.25, -0.2) is 4.98 Å². The smallest absolute Gasteiger partial charge is 0.311 e. The number of pyridine rings is 1. The molecule has 0 saturated heterocycles. The number of carbonyl (C=O) groups is 1. The lowest BCUT2D eigenvalue weighted by Gasteiger charge is -2.37. The van der Waals surface area contributed by atoms with Gasteiger partial charge in [-0.3, -0.25) is 14.9 Å². The van der Waals surface area contributed by atoms with E-state index in [0.717, 1.165) is 32.1 Å². The summed E-state index contributed by atoms with van der Waals surface area (Å²) in [6, 6.07) is 3.32. The number of aromatic nitrogens is 1. The summed E-state index contributed by atoms with van der Waals surface area (Å²) in [5.74, 6) is 2.67. The first kappa shape index (κ1) is 25.2. The van der Waals surface area contributed by atoms with Crippen molar-refractivity contribution in [2.75, 3.05) is 23.8 Å². The van der Waals surface area contributed by atoms with Gasteiger partial charge < -0.3 is 20.1 Å². The second-order valence-corrected chi connectivity index (χ2v) is 9.83. The number of anilines is 2. The zero-order valence-electron chi connectivity index (χ0n) is 20.0. The van der Waals surface area contributed by atoms with Gasteiger partial charge in [0, 0.05) is 18.7 Å². The number of ether oxygens (including phenoxy) is 2. The van der Waals surface area contributed by atoms with Crippen molar-refractivity contribution in [3.05, 3.63) is 22.2 Å². The van der Waals surface area contributed by atoms with E-state index in [1.807, 2.05) is 0 Å². The molecular formula is C24H38N4O5. The molecule has 2 fully saturated rings. The van der Waals surface area contributed by atoms with E-state index in [0.29, 0.717) is 43.2 Å². The molecule has 2 N–H and O–H groups in total. The first-order valence-electron chi connectivity index (χ1n) is 12.2. The molecule has 3 rings (SSSR count). The fourth-order valence-electron chi connectivity index (χ4n) is 5.13. The molecule has 0 bridgehead atoms. The first-order valence-corrected chi connectivity index (χ1v) is 12.2. The van der Waals surface area contributed by atoms with Crippen molar-refractivity contribution in [1.82, 2.24) is 4.98 Å². The molecule has 3 unspecified atom stereocenters. The quantitative estimate of drug-likeness (QED) is 0.209. The van der Waals surface area contributed by atoms with Crippen LogP contribution in [0.3, 0.4) is 0 Å². The number of carbonyl (C=O) groups excluding carboxylic acids is 1. The zero-order chi connectivity index (χ0) is 23.8. The predicted octanol–water partition coefficient (Wildman–Crippen LogP) is 4.78. The Bertz CT molecular complexity index is 782. The average molecular weight is 463 g/mol. The highest BCUT2D eigenvalue weighted by Gasteiger charge is 2.31. The Balaban J connectivity index is 1.54. The van der Waals surface area contributed by atoms with Crippen LogP contribution in [0.15, 0.2) is 12.1 Å². The monoisotopic (exact) mass is 462 g/mol. The summed E-state index contributed by atoms with van der Waals surface area (Å²) >= 11 is 0. The molecule has 2 aliphatic carbocycles. The van der Waals surface area contributed by atoms with Crippen molar-refractivity contribution >= 4 is 23.8 Å². The highest BCUT2D eigenvalue weighted by Crippen LogP contribution is 2.35. The fourth-order valence-corrected chi connectivity index (χ4v) is 5.13. The number of rotatable bonds is 11. The number of nitrogens with zero attached hydrogens (tertiary/aromatic N) is 2. The lowest BCUT2D eigenvalue weighted by Crippen LogP contribution is -2.35. The Labute approximate surface area is 196 Å². The van der Waals surface area contributed by atoms with Gasteiger partial charge in [0.2, 0.25) is 5.82 Å². The van der Waals surface area contributed by atoms with Gasteiger partial charge in [-0.1, -0.05) is 27.2 Å². The van der Waals surface area contributed by atoms with Gasteiger partial charge in [0.15, 0.2) is 0 Å². The summed E-state index contributed by atoms with van der Waals surface area (Å²) in [7, 11) is 0. The summed E-state index contributed by atoms with van der Waals surface area (Å²) in [6.45, 7) is 8.24. The molecular weight excluding hydrogens is 424 g/mol. The van der Waals surface area contributed by atoms with E-state index in [1.165, 1.54) is 18.9 Å². The maximum Gasteiger partial charge on any atom is 0.311 e. The van der Waals surface area contributed by atoms with Crippen LogP contribution in [0.5, 0.6) is 0 Å². The standard InChI is InChI=1S/C24H38N4O5/c1-16(2)20-9-4-17(3)14-22(20)32-13-12-25-24-21(28(30)31)10-11-23(27-24)26-18-5-7-19(8-6-18)33-15-29/h10-11,15-20,22H,4-9,12-14H2,1-3H3,(H2,25,26,27). The third-order valence-electron chi connectivity index (χ3n) is 7.03. The third-order valence-corrected chi connectivity index (χ3v) is 7.03. The minimum atomic E-state index is -0.417. The summed E-state index contributed by atoms with van der Waals surface area (Å²) in [5, 5.41) is 18.0. The molecule has 1 aromatic heterocycles. The van der Waals surface area contributed by atoms with Crippen molar-refractivity contribution in [1.29, 1.82) is 0 Å². The van der Waals surface area contributed by atoms with E-state index in [1.54, 1.807) is 6.07 Å². The third kappa shape index (κ3) is 7.28. The van der Waals surface area contributed by atoms with Crippen LogP contribution in [0.4, 0.5) is 17.3 Å². The van der Waals surface area contributed by atoms with E-state index in [4.69, 9.17) is 9.47 Å². The van der Waals surface area contributed by atoms with Gasteiger partial charge in [-0.05, 0) is 62.3 Å². The normalized spacial score (nSPS) is 27.7. The maximum absolute atomic E-state index is 11.5. The summed E-state index contributed by atoms with van der Waals surface area (Å²) < 4.78 is 11.3. The van der Waals surface area contributed by atoms with E-state index in [9.17, 15) is 14.9 Å². The molecule has 33 heavy (non-hydrogen) atoms. The second-order valence-electron chi connectivity index (χ2n) is 9.83. The predicted molar refractivity (Wildman–Crippen MR) is 127 cm³/mol. The van der Waals surface area contributed by atoms with Crippen LogP contribution < -0.4 is 10.6 Å². The van der Waals surface area contributed by atoms with Gasteiger partial charge >= 0.3 is 5.69 Å². The Kier molecular flexibility index (Phi) is 9.29. The van der Waals surface area contributed by atoms with Gasteiger partial charge in [-0.2, -0.15) is 0 Å². The van der Waals surface area contributed by atoms with E-state index in [-0.39, 0.29) is 29.8 Å². The first-order chi connectivity index (χ1) is 15.9. The van der Waals surface area contributed by atoms with E-state index >= 15 is 0 Å². The minimum absolute atomic E-state index is 0.0231. The largest absolute Gasteiger partial charge is 0.465 e. The number of nitro groups is 1. The molecule has 0 aliphatic heterocycles. The average Bonchev–Trinajstić information content (AvgIpc) is 2.78. The van der Waals surface area contributed by atoms with Crippen LogP contribution in [-0.2, 0) is 14.3 Å². The minimum Gasteiger partial charge on any atom is -0.465 e. The lowest BCUT2D eigenvalue weighted by atomic mass is 9.75. The van der Waals surface area contributed by atoms with Crippen molar-refractivity contribution in [2.24, 2.45) is 17.8 Å². The van der Waals surface area contributed by atoms with Gasteiger partial charge in [0.05, 0.1) is 17.6 Å². The molecule has 0 amide bonds. The number of hydrogen-bond acceptors (Lipinski definition) is 8. The SMILES string of the molecule is CC1CCC(C(C)C)C(OCCNc2nc(NC3CCC(OC=O)CC3)ccc2[N+](=O)[O-])C1. The van der Waals surface area contributed by atoms with Gasteiger partial charge in [-0.15, -0.1) is 0 Å². The molecule has 184 valence electrons. The molecule has 9 nitrogen and oxygen atoms in total. The van der Waals surface area contributed by atoms with Crippen molar-refractivity contribution in [3.63, 3.8) is 0 Å². The summed E-state index contributed by atoms with van der Waals surface area (Å²) in [6.07, 6.45) is 7.03. The molecule has 0 aromatic carbocycles. The highest BCUT2D eigenvalue weighted by molar-refractivity contribution is 5.60. The summed E-state index contributed by atoms with van der Waals surface area (Å²) in [5.41, 5.74) is -0.0463. The molecule has 2 aliphatic rings. The molecule has 9 heteroatoms. The molecule has 0 spiro atoms. The van der Waals surface area contributed by atoms with Crippen LogP contribution in [0, 0.1) is 27.9 Å². The topological polar surface area (TPSA) is 116 Å².